The van der Waals surface area contributed by atoms with Crippen molar-refractivity contribution in [2.75, 3.05) is 6.54 Å². The lowest BCUT2D eigenvalue weighted by atomic mass is 10.1. The molecule has 1 aromatic carbocycles. The van der Waals surface area contributed by atoms with E-state index in [1.54, 1.807) is 0 Å². The summed E-state index contributed by atoms with van der Waals surface area (Å²) in [6, 6.07) is 9.60. The van der Waals surface area contributed by atoms with Crippen molar-refractivity contribution in [2.45, 2.75) is 38.6 Å². The van der Waals surface area contributed by atoms with Crippen LogP contribution in [-0.4, -0.2) is 12.6 Å². The van der Waals surface area contributed by atoms with Crippen molar-refractivity contribution in [2.24, 2.45) is 0 Å². The molecule has 0 unspecified atom stereocenters. The van der Waals surface area contributed by atoms with Crippen LogP contribution in [0.3, 0.4) is 0 Å². The monoisotopic (exact) mass is 215 g/mol. The first-order chi connectivity index (χ1) is 7.88. The molecule has 1 N–H and O–H groups in total. The van der Waals surface area contributed by atoms with Crippen molar-refractivity contribution in [1.29, 1.82) is 0 Å². The van der Waals surface area contributed by atoms with Crippen LogP contribution in [0.2, 0.25) is 0 Å². The molecular weight excluding hydrogens is 194 g/mol. The molecule has 16 heavy (non-hydrogen) atoms. The van der Waals surface area contributed by atoms with Gasteiger partial charge in [-0.25, -0.2) is 0 Å². The highest BCUT2D eigenvalue weighted by atomic mass is 14.9. The zero-order valence-corrected chi connectivity index (χ0v) is 10.1. The van der Waals surface area contributed by atoms with Crippen molar-refractivity contribution in [3.8, 4) is 0 Å². The van der Waals surface area contributed by atoms with Gasteiger partial charge in [-0.15, -0.1) is 0 Å². The summed E-state index contributed by atoms with van der Waals surface area (Å²) in [7, 11) is 0. The van der Waals surface area contributed by atoms with Gasteiger partial charge < -0.3 is 5.32 Å². The fourth-order valence-electron chi connectivity index (χ4n) is 1.79. The van der Waals surface area contributed by atoms with E-state index in [2.05, 4.69) is 48.7 Å². The summed E-state index contributed by atoms with van der Waals surface area (Å²) in [5.41, 5.74) is 2.74. The van der Waals surface area contributed by atoms with Crippen LogP contribution in [0.5, 0.6) is 0 Å². The smallest absolute Gasteiger partial charge is 0.00683 e. The first-order valence-electron chi connectivity index (χ1n) is 6.37. The van der Waals surface area contributed by atoms with Crippen LogP contribution in [0.15, 0.2) is 30.3 Å². The van der Waals surface area contributed by atoms with Crippen LogP contribution < -0.4 is 5.32 Å². The highest BCUT2D eigenvalue weighted by Gasteiger charge is 2.19. The zero-order valence-electron chi connectivity index (χ0n) is 10.1. The molecule has 2 rings (SSSR count). The Hall–Kier alpha value is -1.08. The van der Waals surface area contributed by atoms with Crippen molar-refractivity contribution in [3.05, 3.63) is 41.5 Å². The molecule has 1 saturated carbocycles. The Bertz CT molecular complexity index is 350. The first-order valence-corrected chi connectivity index (χ1v) is 6.37. The molecule has 1 aliphatic rings. The van der Waals surface area contributed by atoms with Gasteiger partial charge in [0, 0.05) is 6.04 Å². The second-order valence-corrected chi connectivity index (χ2v) is 4.52. The Morgan fingerprint density at radius 2 is 2.25 bits per heavy atom. The molecule has 1 heteroatoms. The van der Waals surface area contributed by atoms with Gasteiger partial charge in [0.2, 0.25) is 0 Å². The van der Waals surface area contributed by atoms with Gasteiger partial charge in [-0.3, -0.25) is 0 Å². The highest BCUT2D eigenvalue weighted by Crippen LogP contribution is 2.18. The van der Waals surface area contributed by atoms with E-state index in [1.165, 1.54) is 24.0 Å². The third-order valence-electron chi connectivity index (χ3n) is 2.99. The highest BCUT2D eigenvalue weighted by molar-refractivity contribution is 5.50. The van der Waals surface area contributed by atoms with Crippen LogP contribution >= 0.6 is 0 Å². The number of benzene rings is 1. The molecule has 0 atom stereocenters. The van der Waals surface area contributed by atoms with Gasteiger partial charge in [0.05, 0.1) is 0 Å². The summed E-state index contributed by atoms with van der Waals surface area (Å²) >= 11 is 0. The number of rotatable bonds is 6. The van der Waals surface area contributed by atoms with E-state index >= 15 is 0 Å². The van der Waals surface area contributed by atoms with Crippen molar-refractivity contribution in [1.82, 2.24) is 5.32 Å². The SMILES string of the molecule is CCc1cccc(/C=C/CCNC2CC2)c1. The van der Waals surface area contributed by atoms with Gasteiger partial charge in [-0.2, -0.15) is 0 Å². The molecule has 0 radical (unpaired) electrons. The topological polar surface area (TPSA) is 12.0 Å². The van der Waals surface area contributed by atoms with E-state index in [0.717, 1.165) is 25.4 Å². The summed E-state index contributed by atoms with van der Waals surface area (Å²) < 4.78 is 0. The van der Waals surface area contributed by atoms with Gasteiger partial charge in [0.25, 0.3) is 0 Å². The minimum absolute atomic E-state index is 0.830. The maximum absolute atomic E-state index is 3.51. The quantitative estimate of drug-likeness (QED) is 0.717. The van der Waals surface area contributed by atoms with Gasteiger partial charge in [0.15, 0.2) is 0 Å². The molecule has 0 saturated heterocycles. The van der Waals surface area contributed by atoms with Crippen LogP contribution in [0, 0.1) is 0 Å². The Morgan fingerprint density at radius 1 is 1.38 bits per heavy atom. The maximum Gasteiger partial charge on any atom is 0.00683 e. The van der Waals surface area contributed by atoms with Crippen molar-refractivity contribution >= 4 is 6.08 Å². The van der Waals surface area contributed by atoms with E-state index in [9.17, 15) is 0 Å². The van der Waals surface area contributed by atoms with Crippen LogP contribution in [-0.2, 0) is 6.42 Å². The summed E-state index contributed by atoms with van der Waals surface area (Å²) in [6.07, 6.45) is 9.50. The van der Waals surface area contributed by atoms with E-state index in [-0.39, 0.29) is 0 Å². The molecule has 1 aliphatic carbocycles. The average Bonchev–Trinajstić information content (AvgIpc) is 3.13. The molecular formula is C15H21N. The zero-order chi connectivity index (χ0) is 11.2. The number of aryl methyl sites for hydroxylation is 1. The average molecular weight is 215 g/mol. The maximum atomic E-state index is 3.51. The summed E-state index contributed by atoms with van der Waals surface area (Å²) in [5.74, 6) is 0. The standard InChI is InChI=1S/C15H21N/c1-2-13-7-5-8-14(12-13)6-3-4-11-16-15-9-10-15/h3,5-8,12,15-16H,2,4,9-11H2,1H3/b6-3+. The Morgan fingerprint density at radius 3 is 3.00 bits per heavy atom. The number of hydrogen-bond donors (Lipinski definition) is 1. The fourth-order valence-corrected chi connectivity index (χ4v) is 1.79. The minimum atomic E-state index is 0.830. The Kier molecular flexibility index (Phi) is 4.17. The third kappa shape index (κ3) is 3.82. The second kappa shape index (κ2) is 5.86. The van der Waals surface area contributed by atoms with Gasteiger partial charge >= 0.3 is 0 Å². The van der Waals surface area contributed by atoms with Gasteiger partial charge in [-0.05, 0) is 43.4 Å². The van der Waals surface area contributed by atoms with Crippen molar-refractivity contribution in [3.63, 3.8) is 0 Å². The largest absolute Gasteiger partial charge is 0.314 e. The predicted octanol–water partition coefficient (Wildman–Crippen LogP) is 3.40. The molecule has 1 aromatic rings. The van der Waals surface area contributed by atoms with E-state index in [4.69, 9.17) is 0 Å². The fraction of sp³-hybridized carbons (Fsp3) is 0.467. The van der Waals surface area contributed by atoms with E-state index < -0.39 is 0 Å². The third-order valence-corrected chi connectivity index (χ3v) is 2.99. The number of hydrogen-bond acceptors (Lipinski definition) is 1. The molecule has 86 valence electrons. The first kappa shape index (κ1) is 11.4. The minimum Gasteiger partial charge on any atom is -0.314 e. The van der Waals surface area contributed by atoms with Gasteiger partial charge in [-0.1, -0.05) is 43.3 Å². The second-order valence-electron chi connectivity index (χ2n) is 4.52. The summed E-state index contributed by atoms with van der Waals surface area (Å²) in [6.45, 7) is 3.32. The molecule has 1 fully saturated rings. The Labute approximate surface area is 98.6 Å². The molecule has 0 heterocycles. The van der Waals surface area contributed by atoms with E-state index in [0.29, 0.717) is 0 Å². The molecule has 0 bridgehead atoms. The lowest BCUT2D eigenvalue weighted by molar-refractivity contribution is 0.691. The van der Waals surface area contributed by atoms with Crippen LogP contribution in [0.1, 0.15) is 37.3 Å². The lowest BCUT2D eigenvalue weighted by Crippen LogP contribution is -2.16. The summed E-state index contributed by atoms with van der Waals surface area (Å²) in [5, 5.41) is 3.51. The van der Waals surface area contributed by atoms with Gasteiger partial charge in [0.1, 0.15) is 0 Å². The molecule has 0 amide bonds. The molecule has 0 aromatic heterocycles. The Balaban J connectivity index is 1.75. The van der Waals surface area contributed by atoms with Crippen LogP contribution in [0.25, 0.3) is 6.08 Å². The van der Waals surface area contributed by atoms with Crippen molar-refractivity contribution < 1.29 is 0 Å². The summed E-state index contributed by atoms with van der Waals surface area (Å²) in [4.78, 5) is 0. The number of nitrogens with one attached hydrogen (secondary N) is 1. The predicted molar refractivity (Wildman–Crippen MR) is 70.5 cm³/mol. The van der Waals surface area contributed by atoms with Crippen LogP contribution in [0.4, 0.5) is 0 Å². The molecule has 0 aliphatic heterocycles. The lowest BCUT2D eigenvalue weighted by Gasteiger charge is -1.99. The molecule has 1 nitrogen and oxygen atoms in total. The normalized spacial score (nSPS) is 15.8. The molecule has 0 spiro atoms. The van der Waals surface area contributed by atoms with E-state index in [1.807, 2.05) is 0 Å².